The molecule has 0 aliphatic rings. The number of anilines is 2. The van der Waals surface area contributed by atoms with E-state index in [1.54, 1.807) is 0 Å². The van der Waals surface area contributed by atoms with E-state index in [1.165, 1.54) is 12.1 Å². The van der Waals surface area contributed by atoms with Crippen molar-refractivity contribution in [3.63, 3.8) is 0 Å². The molecule has 4 N–H and O–H groups in total. The Morgan fingerprint density at radius 1 is 0.964 bits per heavy atom. The molecule has 2 aromatic carbocycles. The summed E-state index contributed by atoms with van der Waals surface area (Å²) in [6.07, 6.45) is -3.39. The minimum atomic E-state index is -4.54. The number of hydrogen-bond acceptors (Lipinski definition) is 6. The minimum absolute atomic E-state index is 0.0708. The summed E-state index contributed by atoms with van der Waals surface area (Å²) in [6, 6.07) is 8.26. The van der Waals surface area contributed by atoms with Crippen molar-refractivity contribution in [1.29, 1.82) is 0 Å². The van der Waals surface area contributed by atoms with Gasteiger partial charge in [0.15, 0.2) is 5.78 Å². The number of ketones is 1. The summed E-state index contributed by atoms with van der Waals surface area (Å²) in [7, 11) is -4.19. The molecular weight excluding hydrogens is 397 g/mol. The average molecular weight is 410 g/mol. The SMILES string of the molecule is Nc1cc(C(=O)c2ccc(C(F)(F)F)cc2)cc(S(=O)(=O)c2ccco2)c1N. The Kier molecular flexibility index (Phi) is 4.67. The van der Waals surface area contributed by atoms with Crippen LogP contribution in [0.3, 0.4) is 0 Å². The van der Waals surface area contributed by atoms with E-state index in [-0.39, 0.29) is 22.5 Å². The number of hydrogen-bond donors (Lipinski definition) is 2. The Balaban J connectivity index is 2.06. The lowest BCUT2D eigenvalue weighted by Gasteiger charge is -2.11. The van der Waals surface area contributed by atoms with Gasteiger partial charge in [-0.15, -0.1) is 0 Å². The number of sulfone groups is 1. The van der Waals surface area contributed by atoms with Gasteiger partial charge in [-0.25, -0.2) is 8.42 Å². The highest BCUT2D eigenvalue weighted by atomic mass is 32.2. The number of carbonyl (C=O) groups is 1. The molecule has 6 nitrogen and oxygen atoms in total. The second kappa shape index (κ2) is 6.71. The van der Waals surface area contributed by atoms with Crippen LogP contribution in [0.1, 0.15) is 21.5 Å². The van der Waals surface area contributed by atoms with E-state index in [1.807, 2.05) is 0 Å². The van der Waals surface area contributed by atoms with Crippen LogP contribution in [0.2, 0.25) is 0 Å². The van der Waals surface area contributed by atoms with Crippen molar-refractivity contribution < 1.29 is 30.8 Å². The number of nitrogen functional groups attached to an aromatic ring is 2. The largest absolute Gasteiger partial charge is 0.453 e. The lowest BCUT2D eigenvalue weighted by Crippen LogP contribution is -2.11. The van der Waals surface area contributed by atoms with E-state index in [4.69, 9.17) is 15.9 Å². The maximum Gasteiger partial charge on any atom is 0.416 e. The van der Waals surface area contributed by atoms with Gasteiger partial charge in [-0.1, -0.05) is 12.1 Å². The summed E-state index contributed by atoms with van der Waals surface area (Å²) in [5.74, 6) is -0.712. The number of alkyl halides is 3. The fraction of sp³-hybridized carbons (Fsp3) is 0.0556. The second-order valence-corrected chi connectivity index (χ2v) is 7.67. The van der Waals surface area contributed by atoms with Crippen LogP contribution in [0.25, 0.3) is 0 Å². The van der Waals surface area contributed by atoms with Crippen LogP contribution in [0.5, 0.6) is 0 Å². The highest BCUT2D eigenvalue weighted by molar-refractivity contribution is 7.91. The van der Waals surface area contributed by atoms with Crippen molar-refractivity contribution in [1.82, 2.24) is 0 Å². The Hall–Kier alpha value is -3.27. The second-order valence-electron chi connectivity index (χ2n) is 5.82. The van der Waals surface area contributed by atoms with Gasteiger partial charge in [-0.2, -0.15) is 13.2 Å². The molecule has 0 fully saturated rings. The normalized spacial score (nSPS) is 12.1. The van der Waals surface area contributed by atoms with Crippen LogP contribution >= 0.6 is 0 Å². The average Bonchev–Trinajstić information content (AvgIpc) is 3.18. The fourth-order valence-corrected chi connectivity index (χ4v) is 3.85. The molecule has 0 radical (unpaired) electrons. The highest BCUT2D eigenvalue weighted by Crippen LogP contribution is 2.33. The molecule has 1 aromatic heterocycles. The first-order chi connectivity index (χ1) is 13.0. The molecule has 10 heteroatoms. The molecule has 0 bridgehead atoms. The van der Waals surface area contributed by atoms with Crippen LogP contribution in [-0.2, 0) is 16.0 Å². The number of nitrogens with two attached hydrogens (primary N) is 2. The van der Waals surface area contributed by atoms with Crippen LogP contribution in [0.15, 0.2) is 69.2 Å². The van der Waals surface area contributed by atoms with Crippen molar-refractivity contribution in [2.45, 2.75) is 16.2 Å². The number of carbonyl (C=O) groups excluding carboxylic acids is 1. The minimum Gasteiger partial charge on any atom is -0.453 e. The molecule has 0 aliphatic heterocycles. The van der Waals surface area contributed by atoms with Gasteiger partial charge in [0, 0.05) is 11.1 Å². The molecule has 0 spiro atoms. The van der Waals surface area contributed by atoms with Crippen LogP contribution in [0.4, 0.5) is 24.5 Å². The van der Waals surface area contributed by atoms with Gasteiger partial charge in [0.1, 0.15) is 4.90 Å². The number of halogens is 3. The molecule has 3 rings (SSSR count). The van der Waals surface area contributed by atoms with Crippen molar-refractivity contribution in [2.75, 3.05) is 11.5 Å². The first-order valence-corrected chi connectivity index (χ1v) is 9.19. The van der Waals surface area contributed by atoms with Crippen molar-refractivity contribution in [3.8, 4) is 0 Å². The maximum absolute atomic E-state index is 12.7. The van der Waals surface area contributed by atoms with Gasteiger partial charge >= 0.3 is 6.18 Å². The van der Waals surface area contributed by atoms with Crippen molar-refractivity contribution >= 4 is 27.0 Å². The first-order valence-electron chi connectivity index (χ1n) is 7.71. The predicted molar refractivity (Wildman–Crippen MR) is 94.3 cm³/mol. The summed E-state index contributed by atoms with van der Waals surface area (Å²) >= 11 is 0. The number of furan rings is 1. The van der Waals surface area contributed by atoms with E-state index < -0.39 is 37.3 Å². The highest BCUT2D eigenvalue weighted by Gasteiger charge is 2.30. The van der Waals surface area contributed by atoms with Crippen molar-refractivity contribution in [2.24, 2.45) is 0 Å². The van der Waals surface area contributed by atoms with E-state index in [0.29, 0.717) is 0 Å². The molecule has 0 saturated carbocycles. The topological polar surface area (TPSA) is 116 Å². The Morgan fingerprint density at radius 2 is 1.61 bits per heavy atom. The fourth-order valence-electron chi connectivity index (χ4n) is 2.50. The third-order valence-electron chi connectivity index (χ3n) is 3.96. The molecule has 146 valence electrons. The number of benzene rings is 2. The lowest BCUT2D eigenvalue weighted by molar-refractivity contribution is -0.137. The molecule has 0 unspecified atom stereocenters. The van der Waals surface area contributed by atoms with Gasteiger partial charge in [-0.05, 0) is 36.4 Å². The van der Waals surface area contributed by atoms with Crippen LogP contribution < -0.4 is 11.5 Å². The Labute approximate surface area is 157 Å². The predicted octanol–water partition coefficient (Wildman–Crippen LogP) is 3.53. The van der Waals surface area contributed by atoms with E-state index in [2.05, 4.69) is 0 Å². The van der Waals surface area contributed by atoms with Gasteiger partial charge in [0.05, 0.1) is 23.2 Å². The molecular formula is C18H13F3N2O4S. The summed E-state index contributed by atoms with van der Waals surface area (Å²) in [4.78, 5) is 12.2. The third kappa shape index (κ3) is 3.46. The van der Waals surface area contributed by atoms with Gasteiger partial charge in [0.2, 0.25) is 14.9 Å². The number of rotatable bonds is 4. The zero-order valence-electron chi connectivity index (χ0n) is 14.0. The van der Waals surface area contributed by atoms with E-state index in [0.717, 1.165) is 42.7 Å². The van der Waals surface area contributed by atoms with Crippen molar-refractivity contribution in [3.05, 3.63) is 71.5 Å². The maximum atomic E-state index is 12.7. The summed E-state index contributed by atoms with van der Waals surface area (Å²) < 4.78 is 68.2. The third-order valence-corrected chi connectivity index (χ3v) is 5.64. The molecule has 3 aromatic rings. The monoisotopic (exact) mass is 410 g/mol. The van der Waals surface area contributed by atoms with E-state index >= 15 is 0 Å². The zero-order chi connectivity index (χ0) is 20.7. The standard InChI is InChI=1S/C18H13F3N2O4S/c19-18(20,21)12-5-3-10(4-6-12)17(24)11-8-13(22)16(23)14(9-11)28(25,26)15-2-1-7-27-15/h1-9H,22-23H2. The molecule has 28 heavy (non-hydrogen) atoms. The summed E-state index contributed by atoms with van der Waals surface area (Å²) in [5, 5.41) is -0.391. The summed E-state index contributed by atoms with van der Waals surface area (Å²) in [6.45, 7) is 0. The Bertz CT molecular complexity index is 1140. The van der Waals surface area contributed by atoms with Crippen LogP contribution in [0, 0.1) is 0 Å². The molecule has 0 aliphatic carbocycles. The first kappa shape index (κ1) is 19.5. The molecule has 1 heterocycles. The van der Waals surface area contributed by atoms with Crippen LogP contribution in [-0.4, -0.2) is 14.2 Å². The zero-order valence-corrected chi connectivity index (χ0v) is 14.8. The Morgan fingerprint density at radius 3 is 2.14 bits per heavy atom. The van der Waals surface area contributed by atoms with Gasteiger partial charge < -0.3 is 15.9 Å². The van der Waals surface area contributed by atoms with E-state index in [9.17, 15) is 26.4 Å². The quantitative estimate of drug-likeness (QED) is 0.502. The van der Waals surface area contributed by atoms with Gasteiger partial charge in [0.25, 0.3) is 0 Å². The lowest BCUT2D eigenvalue weighted by atomic mass is 10.0. The van der Waals surface area contributed by atoms with Gasteiger partial charge in [-0.3, -0.25) is 4.79 Å². The summed E-state index contributed by atoms with van der Waals surface area (Å²) in [5.41, 5.74) is 9.96. The molecule has 0 atom stereocenters. The molecule has 0 amide bonds. The molecule has 0 saturated heterocycles. The smallest absolute Gasteiger partial charge is 0.416 e.